The molecule has 7 heteroatoms. The van der Waals surface area contributed by atoms with Crippen LogP contribution in [0, 0.1) is 0 Å². The van der Waals surface area contributed by atoms with Crippen molar-refractivity contribution in [3.63, 3.8) is 0 Å². The number of pyridine rings is 1. The summed E-state index contributed by atoms with van der Waals surface area (Å²) in [5.41, 5.74) is 2.51. The average Bonchev–Trinajstić information content (AvgIpc) is 3.25. The third-order valence-electron chi connectivity index (χ3n) is 4.39. The van der Waals surface area contributed by atoms with E-state index in [-0.39, 0.29) is 24.9 Å². The molecule has 0 atom stereocenters. The van der Waals surface area contributed by atoms with E-state index in [0.717, 1.165) is 22.2 Å². The lowest BCUT2D eigenvalue weighted by Crippen LogP contribution is -2.06. The van der Waals surface area contributed by atoms with Gasteiger partial charge >= 0.3 is 5.97 Å². The number of nitrogens with zero attached hydrogens (tertiary/aromatic N) is 3. The Bertz CT molecular complexity index is 1140. The Morgan fingerprint density at radius 1 is 1.03 bits per heavy atom. The maximum atomic E-state index is 12.1. The van der Waals surface area contributed by atoms with Gasteiger partial charge in [-0.1, -0.05) is 41.6 Å². The van der Waals surface area contributed by atoms with Crippen LogP contribution in [0.1, 0.15) is 18.0 Å². The van der Waals surface area contributed by atoms with Crippen LogP contribution in [-0.4, -0.2) is 28.2 Å². The molecule has 0 radical (unpaired) electrons. The van der Waals surface area contributed by atoms with Gasteiger partial charge in [0, 0.05) is 23.1 Å². The lowest BCUT2D eigenvalue weighted by atomic mass is 10.1. The maximum absolute atomic E-state index is 12.1. The molecule has 0 saturated carbocycles. The van der Waals surface area contributed by atoms with E-state index in [1.54, 1.807) is 13.2 Å². The van der Waals surface area contributed by atoms with Crippen LogP contribution in [0.2, 0.25) is 0 Å². The smallest absolute Gasteiger partial charge is 0.306 e. The Labute approximate surface area is 167 Å². The van der Waals surface area contributed by atoms with Crippen molar-refractivity contribution in [2.75, 3.05) is 7.11 Å². The van der Waals surface area contributed by atoms with Gasteiger partial charge < -0.3 is 14.0 Å². The van der Waals surface area contributed by atoms with E-state index in [4.69, 9.17) is 14.0 Å². The molecule has 4 aromatic rings. The van der Waals surface area contributed by atoms with E-state index in [1.165, 1.54) is 0 Å². The molecule has 0 spiro atoms. The number of aromatic nitrogens is 3. The molecule has 2 heterocycles. The topological polar surface area (TPSA) is 87.3 Å². The summed E-state index contributed by atoms with van der Waals surface area (Å²) in [5, 5.41) is 4.99. The lowest BCUT2D eigenvalue weighted by molar-refractivity contribution is -0.145. The van der Waals surface area contributed by atoms with E-state index in [9.17, 15) is 4.79 Å². The van der Waals surface area contributed by atoms with E-state index in [0.29, 0.717) is 18.0 Å². The normalized spacial score (nSPS) is 10.8. The molecule has 2 aromatic carbocycles. The van der Waals surface area contributed by atoms with Gasteiger partial charge in [0.2, 0.25) is 5.82 Å². The highest BCUT2D eigenvalue weighted by Gasteiger charge is 2.12. The fraction of sp³-hybridized carbons (Fsp3) is 0.182. The Kier molecular flexibility index (Phi) is 5.47. The summed E-state index contributed by atoms with van der Waals surface area (Å²) in [6.07, 6.45) is 0.727. The molecular formula is C22H19N3O4. The number of benzene rings is 2. The first-order chi connectivity index (χ1) is 14.2. The van der Waals surface area contributed by atoms with Crippen LogP contribution < -0.4 is 4.74 Å². The van der Waals surface area contributed by atoms with Gasteiger partial charge in [0.15, 0.2) is 6.61 Å². The standard InChI is InChI=1S/C22H19N3O4/c1-27-18-7-4-6-16(13-18)22-24-20(29-25-22)14-28-21(26)12-11-17-10-9-15-5-2-3-8-19(15)23-17/h2-10,13H,11-12,14H2,1H3. The number of fused-ring (bicyclic) bond motifs is 1. The van der Waals surface area contributed by atoms with Gasteiger partial charge in [-0.2, -0.15) is 4.98 Å². The molecule has 0 unspecified atom stereocenters. The monoisotopic (exact) mass is 389 g/mol. The first-order valence-corrected chi connectivity index (χ1v) is 9.18. The van der Waals surface area contributed by atoms with Gasteiger partial charge in [-0.15, -0.1) is 0 Å². The second-order valence-corrected chi connectivity index (χ2v) is 6.40. The molecule has 29 heavy (non-hydrogen) atoms. The lowest BCUT2D eigenvalue weighted by Gasteiger charge is -2.03. The summed E-state index contributed by atoms with van der Waals surface area (Å²) in [6.45, 7) is -0.0685. The van der Waals surface area contributed by atoms with E-state index in [1.807, 2.05) is 54.6 Å². The third kappa shape index (κ3) is 4.57. The number of carbonyl (C=O) groups excluding carboxylic acids is 1. The largest absolute Gasteiger partial charge is 0.497 e. The van der Waals surface area contributed by atoms with Crippen molar-refractivity contribution in [1.29, 1.82) is 0 Å². The predicted octanol–water partition coefficient (Wildman–Crippen LogP) is 3.97. The number of hydrogen-bond donors (Lipinski definition) is 0. The second kappa shape index (κ2) is 8.52. The predicted molar refractivity (Wildman–Crippen MR) is 106 cm³/mol. The fourth-order valence-corrected chi connectivity index (χ4v) is 2.88. The Morgan fingerprint density at radius 3 is 2.83 bits per heavy atom. The van der Waals surface area contributed by atoms with E-state index in [2.05, 4.69) is 15.1 Å². The van der Waals surface area contributed by atoms with Crippen molar-refractivity contribution in [3.8, 4) is 17.1 Å². The Balaban J connectivity index is 1.31. The molecule has 0 aliphatic heterocycles. The molecule has 4 rings (SSSR count). The van der Waals surface area contributed by atoms with Crippen LogP contribution in [0.25, 0.3) is 22.3 Å². The fourth-order valence-electron chi connectivity index (χ4n) is 2.88. The van der Waals surface area contributed by atoms with E-state index >= 15 is 0 Å². The van der Waals surface area contributed by atoms with Gasteiger partial charge in [-0.05, 0) is 24.3 Å². The van der Waals surface area contributed by atoms with Crippen LogP contribution in [0.5, 0.6) is 5.75 Å². The minimum atomic E-state index is -0.346. The Hall–Kier alpha value is -3.74. The zero-order valence-corrected chi connectivity index (χ0v) is 15.9. The number of aryl methyl sites for hydroxylation is 1. The SMILES string of the molecule is COc1cccc(-c2noc(COC(=O)CCc3ccc4ccccc4n3)n2)c1. The van der Waals surface area contributed by atoms with Crippen LogP contribution in [0.15, 0.2) is 65.2 Å². The highest BCUT2D eigenvalue weighted by atomic mass is 16.6. The minimum Gasteiger partial charge on any atom is -0.497 e. The molecule has 0 fully saturated rings. The van der Waals surface area contributed by atoms with Gasteiger partial charge in [0.25, 0.3) is 5.89 Å². The molecular weight excluding hydrogens is 370 g/mol. The summed E-state index contributed by atoms with van der Waals surface area (Å²) >= 11 is 0. The molecule has 0 bridgehead atoms. The summed E-state index contributed by atoms with van der Waals surface area (Å²) < 4.78 is 15.6. The molecule has 0 amide bonds. The van der Waals surface area contributed by atoms with Crippen LogP contribution in [0.4, 0.5) is 0 Å². The van der Waals surface area contributed by atoms with Crippen LogP contribution >= 0.6 is 0 Å². The number of para-hydroxylation sites is 1. The zero-order chi connectivity index (χ0) is 20.1. The summed E-state index contributed by atoms with van der Waals surface area (Å²) in [7, 11) is 1.59. The average molecular weight is 389 g/mol. The van der Waals surface area contributed by atoms with Crippen molar-refractivity contribution in [2.45, 2.75) is 19.4 Å². The number of methoxy groups -OCH3 is 1. The van der Waals surface area contributed by atoms with Crippen LogP contribution in [-0.2, 0) is 22.6 Å². The number of rotatable bonds is 7. The zero-order valence-electron chi connectivity index (χ0n) is 15.9. The van der Waals surface area contributed by atoms with Crippen molar-refractivity contribution in [3.05, 3.63) is 72.2 Å². The molecule has 0 aliphatic rings. The highest BCUT2D eigenvalue weighted by molar-refractivity contribution is 5.78. The minimum absolute atomic E-state index is 0.0685. The summed E-state index contributed by atoms with van der Waals surface area (Å²) in [6, 6.07) is 19.1. The van der Waals surface area contributed by atoms with Crippen LogP contribution in [0.3, 0.4) is 0 Å². The molecule has 7 nitrogen and oxygen atoms in total. The molecule has 0 saturated heterocycles. The van der Waals surface area contributed by atoms with Crippen molar-refractivity contribution in [2.24, 2.45) is 0 Å². The third-order valence-corrected chi connectivity index (χ3v) is 4.39. The van der Waals surface area contributed by atoms with Crippen molar-refractivity contribution >= 4 is 16.9 Å². The van der Waals surface area contributed by atoms with Gasteiger partial charge in [-0.25, -0.2) is 0 Å². The maximum Gasteiger partial charge on any atom is 0.306 e. The highest BCUT2D eigenvalue weighted by Crippen LogP contribution is 2.21. The quantitative estimate of drug-likeness (QED) is 0.442. The molecule has 0 N–H and O–H groups in total. The first kappa shape index (κ1) is 18.6. The van der Waals surface area contributed by atoms with Gasteiger partial charge in [0.05, 0.1) is 19.0 Å². The molecule has 146 valence electrons. The molecule has 2 aromatic heterocycles. The van der Waals surface area contributed by atoms with Gasteiger partial charge in [0.1, 0.15) is 5.75 Å². The summed E-state index contributed by atoms with van der Waals surface area (Å²) in [4.78, 5) is 20.9. The number of esters is 1. The Morgan fingerprint density at radius 2 is 1.93 bits per heavy atom. The number of hydrogen-bond acceptors (Lipinski definition) is 7. The van der Waals surface area contributed by atoms with Crippen molar-refractivity contribution < 1.29 is 18.8 Å². The van der Waals surface area contributed by atoms with Gasteiger partial charge in [-0.3, -0.25) is 9.78 Å². The number of carbonyl (C=O) groups is 1. The van der Waals surface area contributed by atoms with Crippen molar-refractivity contribution in [1.82, 2.24) is 15.1 Å². The van der Waals surface area contributed by atoms with E-state index < -0.39 is 0 Å². The number of ether oxygens (including phenoxy) is 2. The second-order valence-electron chi connectivity index (χ2n) is 6.40. The first-order valence-electron chi connectivity index (χ1n) is 9.18. The molecule has 0 aliphatic carbocycles. The summed E-state index contributed by atoms with van der Waals surface area (Å²) in [5.74, 6) is 0.999.